The van der Waals surface area contributed by atoms with Crippen molar-refractivity contribution in [1.29, 1.82) is 0 Å². The minimum absolute atomic E-state index is 0.239. The van der Waals surface area contributed by atoms with E-state index in [4.69, 9.17) is 34.3 Å². The molecule has 0 unspecified atom stereocenters. The molecular weight excluding hydrogens is 546 g/mol. The molecule has 0 aromatic carbocycles. The van der Waals surface area contributed by atoms with Crippen LogP contribution in [0.5, 0.6) is 5.75 Å². The molecule has 220 valence electrons. The predicted octanol–water partition coefficient (Wildman–Crippen LogP) is 3.14. The molecule has 9 heterocycles. The number of aryl methyl sites for hydroxylation is 2. The van der Waals surface area contributed by atoms with Gasteiger partial charge in [-0.15, -0.1) is 0 Å². The number of methoxy groups -OCH3 is 1. The number of rotatable bonds is 5. The van der Waals surface area contributed by atoms with E-state index in [0.29, 0.717) is 17.9 Å². The van der Waals surface area contributed by atoms with Gasteiger partial charge in [0.2, 0.25) is 5.95 Å². The van der Waals surface area contributed by atoms with Gasteiger partial charge in [-0.2, -0.15) is 5.10 Å². The minimum Gasteiger partial charge on any atom is -0.496 e. The number of aromatic nitrogens is 7. The van der Waals surface area contributed by atoms with E-state index in [9.17, 15) is 0 Å². The summed E-state index contributed by atoms with van der Waals surface area (Å²) in [4.78, 5) is 24.6. The maximum absolute atomic E-state index is 5.96. The van der Waals surface area contributed by atoms with Gasteiger partial charge in [-0.1, -0.05) is 0 Å². The molecule has 5 aromatic rings. The van der Waals surface area contributed by atoms with Crippen LogP contribution in [0.25, 0.3) is 39.0 Å². The summed E-state index contributed by atoms with van der Waals surface area (Å²) in [5, 5.41) is 5.82. The number of pyridine rings is 3. The van der Waals surface area contributed by atoms with Gasteiger partial charge in [0.25, 0.3) is 0 Å². The predicted molar refractivity (Wildman–Crippen MR) is 161 cm³/mol. The first kappa shape index (κ1) is 25.2. The second-order valence-electron chi connectivity index (χ2n) is 12.3. The Morgan fingerprint density at radius 3 is 2.60 bits per heavy atom. The number of anilines is 2. The first-order valence-electron chi connectivity index (χ1n) is 15.0. The molecule has 12 nitrogen and oxygen atoms in total. The van der Waals surface area contributed by atoms with Crippen molar-refractivity contribution >= 4 is 33.7 Å². The molecule has 9 rings (SSSR count). The third kappa shape index (κ3) is 3.79. The zero-order valence-corrected chi connectivity index (χ0v) is 24.5. The molecule has 2 bridgehead atoms. The summed E-state index contributed by atoms with van der Waals surface area (Å²) in [5.74, 6) is 4.49. The largest absolute Gasteiger partial charge is 0.496 e. The number of imidazole rings is 1. The molecule has 0 saturated carbocycles. The highest BCUT2D eigenvalue weighted by atomic mass is 16.5. The van der Waals surface area contributed by atoms with E-state index in [1.165, 1.54) is 0 Å². The van der Waals surface area contributed by atoms with Crippen LogP contribution in [0.3, 0.4) is 0 Å². The second kappa shape index (κ2) is 9.35. The Morgan fingerprint density at radius 2 is 1.84 bits per heavy atom. The van der Waals surface area contributed by atoms with Crippen molar-refractivity contribution in [2.24, 2.45) is 18.9 Å². The average molecular weight is 580 g/mol. The Balaban J connectivity index is 1.22. The number of nitrogens with zero attached hydrogens (tertiary/aromatic N) is 9. The third-order valence-electron chi connectivity index (χ3n) is 9.76. The Morgan fingerprint density at radius 1 is 0.977 bits per heavy atom. The second-order valence-corrected chi connectivity index (χ2v) is 12.3. The van der Waals surface area contributed by atoms with Crippen molar-refractivity contribution in [1.82, 2.24) is 34.3 Å². The van der Waals surface area contributed by atoms with Crippen molar-refractivity contribution < 1.29 is 14.2 Å². The molecule has 4 aliphatic heterocycles. The minimum atomic E-state index is 0.239. The normalized spacial score (nSPS) is 24.6. The van der Waals surface area contributed by atoms with Gasteiger partial charge >= 0.3 is 0 Å². The van der Waals surface area contributed by atoms with E-state index in [1.54, 1.807) is 19.5 Å². The van der Waals surface area contributed by atoms with Gasteiger partial charge in [-0.25, -0.2) is 14.6 Å². The molecule has 43 heavy (non-hydrogen) atoms. The average Bonchev–Trinajstić information content (AvgIpc) is 3.86. The highest BCUT2D eigenvalue weighted by Crippen LogP contribution is 2.39. The van der Waals surface area contributed by atoms with Crippen LogP contribution in [0.2, 0.25) is 0 Å². The standard InChI is InChI=1S/C31H33N9O3/c1-17-22-10-33-40(25(22)7-24(34-17)23-9-32-5-4-27(23)41-3)28-8-26-29(30(35-28)39-13-21-6-20(39)16-43-21)36-31(37(26)2)38-11-18-14-42-15-19(18)12-38/h4-5,7-10,18-21H,6,11-16H2,1-3H3/t18-,19+,20-,21-/m1/s1. The lowest BCUT2D eigenvalue weighted by molar-refractivity contribution is 0.0989. The van der Waals surface area contributed by atoms with Gasteiger partial charge in [0.1, 0.15) is 11.3 Å². The van der Waals surface area contributed by atoms with Crippen LogP contribution in [0.4, 0.5) is 11.8 Å². The van der Waals surface area contributed by atoms with Gasteiger partial charge < -0.3 is 28.6 Å². The number of ether oxygens (including phenoxy) is 3. The number of morpholine rings is 1. The molecule has 0 aliphatic carbocycles. The molecule has 0 amide bonds. The molecule has 5 aromatic heterocycles. The van der Waals surface area contributed by atoms with Gasteiger partial charge in [0.05, 0.1) is 67.6 Å². The monoisotopic (exact) mass is 579 g/mol. The van der Waals surface area contributed by atoms with Crippen LogP contribution in [-0.2, 0) is 16.5 Å². The molecule has 4 aliphatic rings. The van der Waals surface area contributed by atoms with E-state index in [-0.39, 0.29) is 6.10 Å². The maximum atomic E-state index is 5.96. The lowest BCUT2D eigenvalue weighted by Crippen LogP contribution is -2.37. The van der Waals surface area contributed by atoms with Gasteiger partial charge in [0, 0.05) is 68.1 Å². The van der Waals surface area contributed by atoms with E-state index in [0.717, 1.165) is 108 Å². The molecular formula is C31H33N9O3. The van der Waals surface area contributed by atoms with Crippen molar-refractivity contribution in [3.63, 3.8) is 0 Å². The van der Waals surface area contributed by atoms with E-state index in [2.05, 4.69) is 32.5 Å². The van der Waals surface area contributed by atoms with Crippen LogP contribution in [0, 0.1) is 18.8 Å². The molecule has 0 radical (unpaired) electrons. The lowest BCUT2D eigenvalue weighted by atomic mass is 10.0. The van der Waals surface area contributed by atoms with Gasteiger partial charge in [-0.05, 0) is 25.5 Å². The van der Waals surface area contributed by atoms with Crippen molar-refractivity contribution in [3.05, 3.63) is 42.5 Å². The zero-order chi connectivity index (χ0) is 28.8. The van der Waals surface area contributed by atoms with E-state index >= 15 is 0 Å². The van der Waals surface area contributed by atoms with Crippen LogP contribution in [-0.4, -0.2) is 93.0 Å². The lowest BCUT2D eigenvalue weighted by Gasteiger charge is -2.28. The topological polar surface area (TPSA) is 108 Å². The molecule has 4 saturated heterocycles. The Hall–Kier alpha value is -4.29. The van der Waals surface area contributed by atoms with Crippen LogP contribution in [0.15, 0.2) is 36.8 Å². The fourth-order valence-corrected chi connectivity index (χ4v) is 7.50. The van der Waals surface area contributed by atoms with E-state index < -0.39 is 0 Å². The highest BCUT2D eigenvalue weighted by molar-refractivity contribution is 5.92. The highest BCUT2D eigenvalue weighted by Gasteiger charge is 2.42. The molecule has 4 fully saturated rings. The summed E-state index contributed by atoms with van der Waals surface area (Å²) in [6, 6.07) is 6.32. The Bertz CT molecular complexity index is 1890. The summed E-state index contributed by atoms with van der Waals surface area (Å²) >= 11 is 0. The van der Waals surface area contributed by atoms with Crippen molar-refractivity contribution in [2.45, 2.75) is 25.5 Å². The quantitative estimate of drug-likeness (QED) is 0.308. The van der Waals surface area contributed by atoms with Crippen molar-refractivity contribution in [2.75, 3.05) is 56.4 Å². The third-order valence-corrected chi connectivity index (χ3v) is 9.76. The zero-order valence-electron chi connectivity index (χ0n) is 24.5. The maximum Gasteiger partial charge on any atom is 0.206 e. The van der Waals surface area contributed by atoms with E-state index in [1.807, 2.05) is 29.9 Å². The fraction of sp³-hybridized carbons (Fsp3) is 0.452. The summed E-state index contributed by atoms with van der Waals surface area (Å²) in [6.45, 7) is 7.17. The van der Waals surface area contributed by atoms with Crippen LogP contribution in [0.1, 0.15) is 12.1 Å². The summed E-state index contributed by atoms with van der Waals surface area (Å²) in [5.41, 5.74) is 5.38. The number of hydrogen-bond acceptors (Lipinski definition) is 10. The number of hydrogen-bond donors (Lipinski definition) is 0. The first-order chi connectivity index (χ1) is 21.1. The van der Waals surface area contributed by atoms with Crippen LogP contribution < -0.4 is 14.5 Å². The van der Waals surface area contributed by atoms with Crippen molar-refractivity contribution in [3.8, 4) is 22.8 Å². The van der Waals surface area contributed by atoms with Gasteiger partial charge in [0.15, 0.2) is 11.6 Å². The Labute approximate surface area is 248 Å². The smallest absolute Gasteiger partial charge is 0.206 e. The molecule has 12 heteroatoms. The molecule has 4 atom stereocenters. The van der Waals surface area contributed by atoms with Crippen LogP contribution >= 0.6 is 0 Å². The summed E-state index contributed by atoms with van der Waals surface area (Å²) in [6.07, 6.45) is 6.64. The fourth-order valence-electron chi connectivity index (χ4n) is 7.50. The SMILES string of the molecule is COc1ccncc1-c1cc2c(cnn2-c2cc3c(nc(N4C[C@H]5COC[C@H]5C4)n3C)c(N3C[C@H]4C[C@@H]3CO4)n2)c(C)n1. The molecule has 0 N–H and O–H groups in total. The summed E-state index contributed by atoms with van der Waals surface area (Å²) in [7, 11) is 3.78. The van der Waals surface area contributed by atoms with Gasteiger partial charge in [-0.3, -0.25) is 9.97 Å². The Kier molecular flexibility index (Phi) is 5.49. The number of fused-ring (bicyclic) bond motifs is 5. The first-order valence-corrected chi connectivity index (χ1v) is 15.0. The molecule has 0 spiro atoms. The summed E-state index contributed by atoms with van der Waals surface area (Å²) < 4.78 is 21.5.